The summed E-state index contributed by atoms with van der Waals surface area (Å²) in [7, 11) is -1.49. The Kier molecular flexibility index (Phi) is 9.43. The van der Waals surface area contributed by atoms with Gasteiger partial charge in [0.1, 0.15) is 5.75 Å². The van der Waals surface area contributed by atoms with Crippen molar-refractivity contribution in [3.05, 3.63) is 29.3 Å². The molecule has 148 valence electrons. The van der Waals surface area contributed by atoms with Crippen molar-refractivity contribution in [1.82, 2.24) is 15.4 Å². The normalized spacial score (nSPS) is 13.3. The van der Waals surface area contributed by atoms with Crippen molar-refractivity contribution in [2.45, 2.75) is 46.8 Å². The molecule has 1 aromatic rings. The minimum absolute atomic E-state index is 0.0758. The van der Waals surface area contributed by atoms with Crippen LogP contribution in [0, 0.1) is 6.92 Å². The highest BCUT2D eigenvalue weighted by Gasteiger charge is 2.09. The lowest BCUT2D eigenvalue weighted by molar-refractivity contribution is 0.215. The molecule has 8 heteroatoms. The first-order valence-corrected chi connectivity index (χ1v) is 10.6. The Morgan fingerprint density at radius 3 is 2.58 bits per heavy atom. The third-order valence-electron chi connectivity index (χ3n) is 3.92. The Morgan fingerprint density at radius 2 is 1.96 bits per heavy atom. The summed E-state index contributed by atoms with van der Waals surface area (Å²) in [6.07, 6.45) is 1.09. The molecule has 7 nitrogen and oxygen atoms in total. The molecule has 0 amide bonds. The van der Waals surface area contributed by atoms with Gasteiger partial charge in [0.15, 0.2) is 5.96 Å². The van der Waals surface area contributed by atoms with Crippen molar-refractivity contribution in [2.24, 2.45) is 4.99 Å². The van der Waals surface area contributed by atoms with E-state index in [-0.39, 0.29) is 11.9 Å². The van der Waals surface area contributed by atoms with Crippen LogP contribution in [0.15, 0.2) is 23.2 Å². The summed E-state index contributed by atoms with van der Waals surface area (Å²) in [6.45, 7) is 9.11. The van der Waals surface area contributed by atoms with E-state index in [2.05, 4.69) is 40.3 Å². The lowest BCUT2D eigenvalue weighted by atomic mass is 10.1. The van der Waals surface area contributed by atoms with Crippen LogP contribution >= 0.6 is 0 Å². The summed E-state index contributed by atoms with van der Waals surface area (Å²) in [4.78, 5) is 4.16. The van der Waals surface area contributed by atoms with E-state index in [4.69, 9.17) is 4.74 Å². The molecule has 0 aromatic heterocycles. The van der Waals surface area contributed by atoms with Crippen molar-refractivity contribution >= 4 is 16.0 Å². The molecule has 0 heterocycles. The number of nitrogens with zero attached hydrogens (tertiary/aromatic N) is 1. The predicted octanol–water partition coefficient (Wildman–Crippen LogP) is 1.78. The summed E-state index contributed by atoms with van der Waals surface area (Å²) in [5.74, 6) is 1.56. The Labute approximate surface area is 157 Å². The topological polar surface area (TPSA) is 91.8 Å². The van der Waals surface area contributed by atoms with Crippen LogP contribution in [0.2, 0.25) is 0 Å². The minimum atomic E-state index is -3.17. The molecular weight excluding hydrogens is 352 g/mol. The number of hydrogen-bond donors (Lipinski definition) is 3. The van der Waals surface area contributed by atoms with Crippen LogP contribution in [-0.4, -0.2) is 46.4 Å². The van der Waals surface area contributed by atoms with E-state index in [0.29, 0.717) is 25.6 Å². The summed E-state index contributed by atoms with van der Waals surface area (Å²) in [5.41, 5.74) is 2.20. The maximum atomic E-state index is 11.4. The summed E-state index contributed by atoms with van der Waals surface area (Å²) < 4.78 is 31.3. The summed E-state index contributed by atoms with van der Waals surface area (Å²) in [5, 5.41) is 6.32. The van der Waals surface area contributed by atoms with Crippen LogP contribution in [0.3, 0.4) is 0 Å². The van der Waals surface area contributed by atoms with E-state index in [1.54, 1.807) is 14.0 Å². The Morgan fingerprint density at radius 1 is 1.23 bits per heavy atom. The highest BCUT2D eigenvalue weighted by atomic mass is 32.2. The molecule has 0 aliphatic heterocycles. The average molecular weight is 385 g/mol. The lowest BCUT2D eigenvalue weighted by Crippen LogP contribution is -2.41. The standard InChI is InChI=1S/C18H32N4O3S/c1-6-15(4)25-17-12-14(3)8-9-16(17)13-21-18(19-5)20-10-11-22-26(23,24)7-2/h8-9,12,15,22H,6-7,10-11,13H2,1-5H3,(H2,19,20,21). The molecule has 1 atom stereocenters. The molecule has 1 aromatic carbocycles. The van der Waals surface area contributed by atoms with Crippen LogP contribution in [0.5, 0.6) is 5.75 Å². The molecule has 3 N–H and O–H groups in total. The largest absolute Gasteiger partial charge is 0.490 e. The molecule has 0 spiro atoms. The van der Waals surface area contributed by atoms with Gasteiger partial charge < -0.3 is 15.4 Å². The minimum Gasteiger partial charge on any atom is -0.490 e. The molecule has 0 radical (unpaired) electrons. The third-order valence-corrected chi connectivity index (χ3v) is 5.32. The number of ether oxygens (including phenoxy) is 1. The van der Waals surface area contributed by atoms with Crippen molar-refractivity contribution in [2.75, 3.05) is 25.9 Å². The van der Waals surface area contributed by atoms with Crippen LogP contribution < -0.4 is 20.1 Å². The van der Waals surface area contributed by atoms with Gasteiger partial charge in [-0.05, 0) is 38.8 Å². The zero-order valence-corrected chi connectivity index (χ0v) is 17.2. The number of rotatable bonds is 10. The number of aryl methyl sites for hydroxylation is 1. The predicted molar refractivity (Wildman–Crippen MR) is 107 cm³/mol. The fraction of sp³-hybridized carbons (Fsp3) is 0.611. The maximum Gasteiger partial charge on any atom is 0.211 e. The first kappa shape index (κ1) is 22.2. The van der Waals surface area contributed by atoms with Crippen molar-refractivity contribution in [3.8, 4) is 5.75 Å². The monoisotopic (exact) mass is 384 g/mol. The van der Waals surface area contributed by atoms with E-state index in [1.165, 1.54) is 0 Å². The van der Waals surface area contributed by atoms with Crippen molar-refractivity contribution in [3.63, 3.8) is 0 Å². The fourth-order valence-electron chi connectivity index (χ4n) is 2.11. The zero-order chi connectivity index (χ0) is 19.6. The zero-order valence-electron chi connectivity index (χ0n) is 16.4. The van der Waals surface area contributed by atoms with E-state index in [9.17, 15) is 8.42 Å². The van der Waals surface area contributed by atoms with Gasteiger partial charge in [-0.25, -0.2) is 13.1 Å². The molecule has 0 bridgehead atoms. The first-order chi connectivity index (χ1) is 12.3. The first-order valence-electron chi connectivity index (χ1n) is 8.99. The van der Waals surface area contributed by atoms with Gasteiger partial charge >= 0.3 is 0 Å². The molecule has 0 aliphatic rings. The highest BCUT2D eigenvalue weighted by Crippen LogP contribution is 2.22. The van der Waals surface area contributed by atoms with E-state index >= 15 is 0 Å². The number of sulfonamides is 1. The highest BCUT2D eigenvalue weighted by molar-refractivity contribution is 7.89. The average Bonchev–Trinajstić information content (AvgIpc) is 2.62. The van der Waals surface area contributed by atoms with Gasteiger partial charge in [-0.15, -0.1) is 0 Å². The SMILES string of the molecule is CCC(C)Oc1cc(C)ccc1CNC(=NC)NCCNS(=O)(=O)CC. The van der Waals surface area contributed by atoms with Crippen LogP contribution in [0.25, 0.3) is 0 Å². The molecule has 0 aliphatic carbocycles. The number of hydrogen-bond acceptors (Lipinski definition) is 4. The number of benzene rings is 1. The number of guanidine groups is 1. The fourth-order valence-corrected chi connectivity index (χ4v) is 2.72. The molecular formula is C18H32N4O3S. The molecule has 0 fully saturated rings. The second-order valence-corrected chi connectivity index (χ2v) is 8.19. The van der Waals surface area contributed by atoms with Crippen LogP contribution in [0.1, 0.15) is 38.3 Å². The Hall–Kier alpha value is -1.80. The number of nitrogens with one attached hydrogen (secondary N) is 3. The smallest absolute Gasteiger partial charge is 0.211 e. The van der Waals surface area contributed by atoms with E-state index < -0.39 is 10.0 Å². The molecule has 1 unspecified atom stereocenters. The van der Waals surface area contributed by atoms with E-state index in [1.807, 2.05) is 19.1 Å². The van der Waals surface area contributed by atoms with Crippen LogP contribution in [-0.2, 0) is 16.6 Å². The second kappa shape index (κ2) is 11.0. The van der Waals surface area contributed by atoms with Gasteiger partial charge in [0, 0.05) is 32.2 Å². The van der Waals surface area contributed by atoms with E-state index in [0.717, 1.165) is 23.3 Å². The number of aliphatic imine (C=N–C) groups is 1. The third kappa shape index (κ3) is 8.05. The quantitative estimate of drug-likeness (QED) is 0.325. The Bertz CT molecular complexity index is 690. The maximum absolute atomic E-state index is 11.4. The Balaban J connectivity index is 2.58. The molecule has 0 saturated carbocycles. The van der Waals surface area contributed by atoms with Gasteiger partial charge in [-0.1, -0.05) is 19.1 Å². The molecule has 0 saturated heterocycles. The summed E-state index contributed by atoms with van der Waals surface area (Å²) in [6, 6.07) is 6.14. The van der Waals surface area contributed by atoms with Gasteiger partial charge in [0.05, 0.1) is 11.9 Å². The van der Waals surface area contributed by atoms with Gasteiger partial charge in [0.2, 0.25) is 10.0 Å². The lowest BCUT2D eigenvalue weighted by Gasteiger charge is -2.18. The molecule has 26 heavy (non-hydrogen) atoms. The van der Waals surface area contributed by atoms with Crippen molar-refractivity contribution in [1.29, 1.82) is 0 Å². The van der Waals surface area contributed by atoms with Crippen molar-refractivity contribution < 1.29 is 13.2 Å². The van der Waals surface area contributed by atoms with Gasteiger partial charge in [-0.2, -0.15) is 0 Å². The second-order valence-electron chi connectivity index (χ2n) is 6.10. The van der Waals surface area contributed by atoms with Crippen LogP contribution in [0.4, 0.5) is 0 Å². The summed E-state index contributed by atoms with van der Waals surface area (Å²) >= 11 is 0. The van der Waals surface area contributed by atoms with Gasteiger partial charge in [0.25, 0.3) is 0 Å². The van der Waals surface area contributed by atoms with Gasteiger partial charge in [-0.3, -0.25) is 4.99 Å². The molecule has 1 rings (SSSR count).